The average molecular weight is 327 g/mol. The Hall–Kier alpha value is -3.40. The van der Waals surface area contributed by atoms with Crippen LogP contribution in [0.3, 0.4) is 0 Å². The molecule has 4 rings (SSSR count). The first kappa shape index (κ1) is 15.1. The number of rotatable bonds is 3. The van der Waals surface area contributed by atoms with Crippen molar-refractivity contribution in [2.24, 2.45) is 10.7 Å². The lowest BCUT2D eigenvalue weighted by Gasteiger charge is -2.27. The molecule has 0 bridgehead atoms. The summed E-state index contributed by atoms with van der Waals surface area (Å²) in [6.07, 6.45) is 0. The molecule has 0 radical (unpaired) electrons. The van der Waals surface area contributed by atoms with Gasteiger partial charge in [0.1, 0.15) is 0 Å². The third-order valence-corrected chi connectivity index (χ3v) is 4.42. The van der Waals surface area contributed by atoms with E-state index in [1.165, 1.54) is 4.90 Å². The summed E-state index contributed by atoms with van der Waals surface area (Å²) in [6.45, 7) is 0. The minimum atomic E-state index is -1.16. The Balaban J connectivity index is 1.94. The summed E-state index contributed by atoms with van der Waals surface area (Å²) in [5.41, 5.74) is 7.35. The van der Waals surface area contributed by atoms with Gasteiger partial charge in [-0.2, -0.15) is 0 Å². The van der Waals surface area contributed by atoms with E-state index in [-0.39, 0.29) is 11.9 Å². The van der Waals surface area contributed by atoms with Crippen molar-refractivity contribution in [2.75, 3.05) is 4.90 Å². The molecule has 1 amide bonds. The van der Waals surface area contributed by atoms with Gasteiger partial charge < -0.3 is 5.73 Å². The Morgan fingerprint density at radius 3 is 1.64 bits per heavy atom. The lowest BCUT2D eigenvalue weighted by Crippen LogP contribution is -2.43. The average Bonchev–Trinajstić information content (AvgIpc) is 2.95. The van der Waals surface area contributed by atoms with Gasteiger partial charge in [0.05, 0.1) is 5.69 Å². The first-order valence-corrected chi connectivity index (χ1v) is 8.09. The molecule has 4 nitrogen and oxygen atoms in total. The number of nitrogens with zero attached hydrogens (tertiary/aromatic N) is 2. The molecule has 0 unspecified atom stereocenters. The van der Waals surface area contributed by atoms with Crippen molar-refractivity contribution in [1.29, 1.82) is 0 Å². The molecule has 122 valence electrons. The van der Waals surface area contributed by atoms with Gasteiger partial charge in [0.2, 0.25) is 5.96 Å². The van der Waals surface area contributed by atoms with E-state index in [9.17, 15) is 4.79 Å². The minimum Gasteiger partial charge on any atom is -0.369 e. The van der Waals surface area contributed by atoms with Crippen LogP contribution in [-0.2, 0) is 10.3 Å². The summed E-state index contributed by atoms with van der Waals surface area (Å²) in [6, 6.07) is 28.5. The Bertz CT molecular complexity index is 882. The van der Waals surface area contributed by atoms with Crippen molar-refractivity contribution in [3.8, 4) is 0 Å². The van der Waals surface area contributed by atoms with Crippen molar-refractivity contribution in [3.63, 3.8) is 0 Å². The number of hydrogen-bond acceptors (Lipinski definition) is 3. The predicted octanol–water partition coefficient (Wildman–Crippen LogP) is 3.29. The summed E-state index contributed by atoms with van der Waals surface area (Å²) in [4.78, 5) is 19.7. The molecule has 3 aromatic rings. The van der Waals surface area contributed by atoms with Crippen molar-refractivity contribution < 1.29 is 4.79 Å². The van der Waals surface area contributed by atoms with Gasteiger partial charge in [0.25, 0.3) is 5.91 Å². The molecule has 0 aromatic heterocycles. The molecule has 2 N–H and O–H groups in total. The minimum absolute atomic E-state index is 0.173. The summed E-state index contributed by atoms with van der Waals surface area (Å²) >= 11 is 0. The second-order valence-corrected chi connectivity index (χ2v) is 5.89. The fraction of sp³-hybridized carbons (Fsp3) is 0.0476. The molecule has 0 aliphatic carbocycles. The number of anilines is 1. The Labute approximate surface area is 146 Å². The first-order valence-electron chi connectivity index (χ1n) is 8.09. The number of carbonyl (C=O) groups is 1. The Morgan fingerprint density at radius 2 is 1.16 bits per heavy atom. The fourth-order valence-electron chi connectivity index (χ4n) is 3.26. The highest BCUT2D eigenvalue weighted by atomic mass is 16.2. The Kier molecular flexibility index (Phi) is 3.58. The van der Waals surface area contributed by atoms with Gasteiger partial charge in [0, 0.05) is 0 Å². The normalized spacial score (nSPS) is 15.9. The quantitative estimate of drug-likeness (QED) is 0.802. The fourth-order valence-corrected chi connectivity index (χ4v) is 3.26. The largest absolute Gasteiger partial charge is 0.369 e. The van der Waals surface area contributed by atoms with Crippen LogP contribution in [0.25, 0.3) is 0 Å². The van der Waals surface area contributed by atoms with Crippen LogP contribution in [0.4, 0.5) is 5.69 Å². The first-order chi connectivity index (χ1) is 12.2. The van der Waals surface area contributed by atoms with Crippen molar-refractivity contribution in [3.05, 3.63) is 102 Å². The summed E-state index contributed by atoms with van der Waals surface area (Å²) in [5.74, 6) is 0.0255. The number of benzene rings is 3. The van der Waals surface area contributed by atoms with Crippen LogP contribution < -0.4 is 10.6 Å². The molecule has 0 saturated carbocycles. The van der Waals surface area contributed by atoms with E-state index in [4.69, 9.17) is 5.73 Å². The smallest absolute Gasteiger partial charge is 0.271 e. The highest BCUT2D eigenvalue weighted by Gasteiger charge is 2.50. The standard InChI is InChI=1S/C21H17N3O/c22-20-23-21(16-10-4-1-5-11-16,17-12-6-2-7-13-17)19(25)24(20)18-14-8-3-9-15-18/h1-15H,(H2,22,23). The molecule has 0 atom stereocenters. The lowest BCUT2D eigenvalue weighted by atomic mass is 9.83. The number of carbonyl (C=O) groups excluding carboxylic acids is 1. The second-order valence-electron chi connectivity index (χ2n) is 5.89. The summed E-state index contributed by atoms with van der Waals surface area (Å²) in [5, 5.41) is 0. The van der Waals surface area contributed by atoms with Crippen LogP contribution >= 0.6 is 0 Å². The number of para-hydroxylation sites is 1. The maximum atomic E-state index is 13.6. The zero-order valence-electron chi connectivity index (χ0n) is 13.5. The van der Waals surface area contributed by atoms with Gasteiger partial charge in [-0.15, -0.1) is 0 Å². The predicted molar refractivity (Wildman–Crippen MR) is 99.2 cm³/mol. The second kappa shape index (κ2) is 5.91. The molecular weight excluding hydrogens is 310 g/mol. The number of guanidine groups is 1. The van der Waals surface area contributed by atoms with Crippen LogP contribution in [0.2, 0.25) is 0 Å². The topological polar surface area (TPSA) is 58.7 Å². The molecule has 25 heavy (non-hydrogen) atoms. The van der Waals surface area contributed by atoms with Crippen molar-refractivity contribution >= 4 is 17.6 Å². The lowest BCUT2D eigenvalue weighted by molar-refractivity contribution is -0.120. The van der Waals surface area contributed by atoms with Crippen LogP contribution in [0.1, 0.15) is 11.1 Å². The highest BCUT2D eigenvalue weighted by molar-refractivity contribution is 6.24. The van der Waals surface area contributed by atoms with E-state index in [1.807, 2.05) is 91.0 Å². The van der Waals surface area contributed by atoms with E-state index >= 15 is 0 Å². The van der Waals surface area contributed by atoms with E-state index in [0.717, 1.165) is 11.1 Å². The highest BCUT2D eigenvalue weighted by Crippen LogP contribution is 2.40. The van der Waals surface area contributed by atoms with Crippen LogP contribution in [0.15, 0.2) is 96.0 Å². The maximum Gasteiger partial charge on any atom is 0.271 e. The number of amides is 1. The van der Waals surface area contributed by atoms with Gasteiger partial charge in [-0.1, -0.05) is 78.9 Å². The van der Waals surface area contributed by atoms with E-state index < -0.39 is 5.54 Å². The molecule has 0 fully saturated rings. The molecule has 0 saturated heterocycles. The third-order valence-electron chi connectivity index (χ3n) is 4.42. The molecule has 1 aliphatic heterocycles. The van der Waals surface area contributed by atoms with Crippen LogP contribution in [0, 0.1) is 0 Å². The zero-order valence-corrected chi connectivity index (χ0v) is 13.5. The van der Waals surface area contributed by atoms with E-state index in [2.05, 4.69) is 4.99 Å². The molecule has 0 spiro atoms. The summed E-state index contributed by atoms with van der Waals surface area (Å²) < 4.78 is 0. The Morgan fingerprint density at radius 1 is 0.720 bits per heavy atom. The van der Waals surface area contributed by atoms with Crippen LogP contribution in [-0.4, -0.2) is 11.9 Å². The molecule has 4 heteroatoms. The van der Waals surface area contributed by atoms with E-state index in [0.29, 0.717) is 5.69 Å². The van der Waals surface area contributed by atoms with Gasteiger partial charge in [-0.3, -0.25) is 4.79 Å². The van der Waals surface area contributed by atoms with Gasteiger partial charge in [-0.05, 0) is 23.3 Å². The van der Waals surface area contributed by atoms with Crippen LogP contribution in [0.5, 0.6) is 0 Å². The third kappa shape index (κ3) is 2.31. The molecular formula is C21H17N3O. The monoisotopic (exact) mass is 327 g/mol. The number of aliphatic imine (C=N–C) groups is 1. The molecule has 3 aromatic carbocycles. The summed E-state index contributed by atoms with van der Waals surface area (Å²) in [7, 11) is 0. The van der Waals surface area contributed by atoms with Gasteiger partial charge in [-0.25, -0.2) is 9.89 Å². The van der Waals surface area contributed by atoms with Crippen molar-refractivity contribution in [2.45, 2.75) is 5.54 Å². The molecule has 1 aliphatic rings. The van der Waals surface area contributed by atoms with Gasteiger partial charge >= 0.3 is 0 Å². The van der Waals surface area contributed by atoms with E-state index in [1.54, 1.807) is 0 Å². The zero-order chi connectivity index (χ0) is 17.3. The number of nitrogens with two attached hydrogens (primary N) is 1. The SMILES string of the molecule is NC1=NC(c2ccccc2)(c2ccccc2)C(=O)N1c1ccccc1. The van der Waals surface area contributed by atoms with Crippen molar-refractivity contribution in [1.82, 2.24) is 0 Å². The number of hydrogen-bond donors (Lipinski definition) is 1. The molecule has 1 heterocycles. The van der Waals surface area contributed by atoms with Gasteiger partial charge in [0.15, 0.2) is 5.54 Å². The maximum absolute atomic E-state index is 13.6.